The second kappa shape index (κ2) is 3.83. The van der Waals surface area contributed by atoms with Crippen LogP contribution in [-0.4, -0.2) is 14.7 Å². The van der Waals surface area contributed by atoms with E-state index < -0.39 is 4.92 Å². The van der Waals surface area contributed by atoms with Crippen molar-refractivity contribution in [3.05, 3.63) is 45.6 Å². The van der Waals surface area contributed by atoms with Gasteiger partial charge in [0.05, 0.1) is 4.92 Å². The fraction of sp³-hybridized carbons (Fsp3) is 0.250. The molecule has 1 aliphatic carbocycles. The van der Waals surface area contributed by atoms with Crippen molar-refractivity contribution in [1.29, 1.82) is 0 Å². The van der Waals surface area contributed by atoms with Gasteiger partial charge in [-0.3, -0.25) is 10.1 Å². The summed E-state index contributed by atoms with van der Waals surface area (Å²) >= 11 is 0. The van der Waals surface area contributed by atoms with Crippen molar-refractivity contribution in [2.24, 2.45) is 0 Å². The van der Waals surface area contributed by atoms with Crippen LogP contribution in [0.1, 0.15) is 17.7 Å². The number of nitro groups is 1. The molecule has 6 heteroatoms. The zero-order valence-corrected chi connectivity index (χ0v) is 9.67. The second-order valence-corrected chi connectivity index (χ2v) is 4.32. The van der Waals surface area contributed by atoms with E-state index in [1.807, 2.05) is 0 Å². The Kier molecular flexibility index (Phi) is 2.29. The normalized spacial score (nSPS) is 13.6. The highest BCUT2D eigenvalue weighted by molar-refractivity contribution is 5.56. The smallest absolute Gasteiger partial charge is 0.294 e. The summed E-state index contributed by atoms with van der Waals surface area (Å²) in [6.45, 7) is 0. The summed E-state index contributed by atoms with van der Waals surface area (Å²) in [5.41, 5.74) is 8.43. The Balaban J connectivity index is 2.22. The summed E-state index contributed by atoms with van der Waals surface area (Å²) < 4.78 is 1.62. The first kappa shape index (κ1) is 10.8. The molecule has 0 spiro atoms. The third-order valence-electron chi connectivity index (χ3n) is 3.27. The summed E-state index contributed by atoms with van der Waals surface area (Å²) in [6.07, 6.45) is 2.80. The molecule has 3 rings (SSSR count). The molecule has 0 atom stereocenters. The molecule has 2 N–H and O–H groups in total. The highest BCUT2D eigenvalue weighted by Gasteiger charge is 2.25. The third kappa shape index (κ3) is 1.46. The van der Waals surface area contributed by atoms with Crippen LogP contribution >= 0.6 is 0 Å². The predicted octanol–water partition coefficient (Wildman–Crippen LogP) is 1.85. The average molecular weight is 244 g/mol. The number of benzene rings is 1. The number of para-hydroxylation sites is 2. The average Bonchev–Trinajstić information content (AvgIpc) is 2.94. The topological polar surface area (TPSA) is 87.0 Å². The minimum Gasteiger partial charge on any atom is -0.382 e. The van der Waals surface area contributed by atoms with Crippen LogP contribution in [0.2, 0.25) is 0 Å². The highest BCUT2D eigenvalue weighted by Crippen LogP contribution is 2.31. The molecule has 0 amide bonds. The monoisotopic (exact) mass is 244 g/mol. The van der Waals surface area contributed by atoms with Gasteiger partial charge in [-0.15, -0.1) is 5.10 Å². The molecule has 1 aromatic heterocycles. The largest absolute Gasteiger partial charge is 0.382 e. The molecule has 0 aliphatic heterocycles. The minimum atomic E-state index is -0.394. The van der Waals surface area contributed by atoms with Gasteiger partial charge in [0, 0.05) is 17.3 Å². The van der Waals surface area contributed by atoms with Crippen LogP contribution in [0, 0.1) is 10.1 Å². The summed E-state index contributed by atoms with van der Waals surface area (Å²) in [7, 11) is 0. The number of hydrogen-bond donors (Lipinski definition) is 1. The van der Waals surface area contributed by atoms with Crippen molar-refractivity contribution in [2.75, 3.05) is 5.73 Å². The molecule has 0 saturated carbocycles. The van der Waals surface area contributed by atoms with E-state index in [-0.39, 0.29) is 5.69 Å². The van der Waals surface area contributed by atoms with Gasteiger partial charge in [-0.2, -0.15) is 0 Å². The van der Waals surface area contributed by atoms with E-state index >= 15 is 0 Å². The molecule has 92 valence electrons. The zero-order valence-electron chi connectivity index (χ0n) is 9.67. The van der Waals surface area contributed by atoms with E-state index in [9.17, 15) is 10.1 Å². The van der Waals surface area contributed by atoms with E-state index in [4.69, 9.17) is 5.73 Å². The lowest BCUT2D eigenvalue weighted by Crippen LogP contribution is -2.05. The standard InChI is InChI=1S/C12H12N4O2/c13-12-8-4-3-7-9(8)15(14-12)10-5-1-2-6-11(10)16(17)18/h1-2,5-6H,3-4,7H2,(H2,13,14). The maximum atomic E-state index is 11.0. The molecule has 0 unspecified atom stereocenters. The number of aromatic nitrogens is 2. The number of fused-ring (bicyclic) bond motifs is 1. The molecular formula is C12H12N4O2. The van der Waals surface area contributed by atoms with Crippen LogP contribution in [-0.2, 0) is 12.8 Å². The number of hydrogen-bond acceptors (Lipinski definition) is 4. The van der Waals surface area contributed by atoms with Crippen molar-refractivity contribution < 1.29 is 4.92 Å². The van der Waals surface area contributed by atoms with E-state index in [0.717, 1.165) is 30.5 Å². The van der Waals surface area contributed by atoms with E-state index in [2.05, 4.69) is 5.10 Å². The third-order valence-corrected chi connectivity index (χ3v) is 3.27. The Labute approximate surface area is 103 Å². The van der Waals surface area contributed by atoms with Gasteiger partial charge in [0.15, 0.2) is 0 Å². The molecule has 6 nitrogen and oxygen atoms in total. The Bertz CT molecular complexity index is 633. The van der Waals surface area contributed by atoms with Crippen LogP contribution in [0.3, 0.4) is 0 Å². The summed E-state index contributed by atoms with van der Waals surface area (Å²) in [6, 6.07) is 6.59. The first-order chi connectivity index (χ1) is 8.68. The lowest BCUT2D eigenvalue weighted by molar-refractivity contribution is -0.384. The molecular weight excluding hydrogens is 232 g/mol. The summed E-state index contributed by atoms with van der Waals surface area (Å²) in [5, 5.41) is 15.3. The van der Waals surface area contributed by atoms with Gasteiger partial charge in [0.1, 0.15) is 11.5 Å². The summed E-state index contributed by atoms with van der Waals surface area (Å²) in [4.78, 5) is 10.6. The molecule has 1 aliphatic rings. The van der Waals surface area contributed by atoms with Crippen LogP contribution in [0.5, 0.6) is 0 Å². The van der Waals surface area contributed by atoms with Gasteiger partial charge < -0.3 is 5.73 Å². The van der Waals surface area contributed by atoms with Crippen molar-refractivity contribution in [3.63, 3.8) is 0 Å². The number of rotatable bonds is 2. The van der Waals surface area contributed by atoms with Gasteiger partial charge in [-0.05, 0) is 25.3 Å². The lowest BCUT2D eigenvalue weighted by atomic mass is 10.2. The lowest BCUT2D eigenvalue weighted by Gasteiger charge is -2.05. The van der Waals surface area contributed by atoms with E-state index in [1.54, 1.807) is 22.9 Å². The minimum absolute atomic E-state index is 0.0506. The van der Waals surface area contributed by atoms with Crippen LogP contribution in [0.4, 0.5) is 11.5 Å². The Hall–Kier alpha value is -2.37. The molecule has 2 aromatic rings. The first-order valence-electron chi connectivity index (χ1n) is 5.78. The fourth-order valence-electron chi connectivity index (χ4n) is 2.46. The number of nitrogens with zero attached hydrogens (tertiary/aromatic N) is 3. The second-order valence-electron chi connectivity index (χ2n) is 4.32. The van der Waals surface area contributed by atoms with Crippen molar-refractivity contribution >= 4 is 11.5 Å². The fourth-order valence-corrected chi connectivity index (χ4v) is 2.46. The Morgan fingerprint density at radius 3 is 2.89 bits per heavy atom. The molecule has 18 heavy (non-hydrogen) atoms. The van der Waals surface area contributed by atoms with Crippen LogP contribution in [0.25, 0.3) is 5.69 Å². The Morgan fingerprint density at radius 2 is 2.11 bits per heavy atom. The Morgan fingerprint density at radius 1 is 1.33 bits per heavy atom. The van der Waals surface area contributed by atoms with Gasteiger partial charge >= 0.3 is 0 Å². The van der Waals surface area contributed by atoms with Gasteiger partial charge in [0.25, 0.3) is 5.69 Å². The summed E-state index contributed by atoms with van der Waals surface area (Å²) in [5.74, 6) is 0.487. The quantitative estimate of drug-likeness (QED) is 0.645. The van der Waals surface area contributed by atoms with Gasteiger partial charge in [0.2, 0.25) is 0 Å². The van der Waals surface area contributed by atoms with Crippen molar-refractivity contribution in [2.45, 2.75) is 19.3 Å². The van der Waals surface area contributed by atoms with Crippen molar-refractivity contribution in [3.8, 4) is 5.69 Å². The molecule has 0 bridgehead atoms. The highest BCUT2D eigenvalue weighted by atomic mass is 16.6. The first-order valence-corrected chi connectivity index (χ1v) is 5.78. The van der Waals surface area contributed by atoms with Crippen LogP contribution in [0.15, 0.2) is 24.3 Å². The SMILES string of the molecule is Nc1nn(-c2ccccc2[N+](=O)[O-])c2c1CCC2. The predicted molar refractivity (Wildman–Crippen MR) is 66.7 cm³/mol. The molecule has 1 heterocycles. The number of anilines is 1. The molecule has 0 fully saturated rings. The number of nitrogen functional groups attached to an aromatic ring is 1. The molecule has 0 saturated heterocycles. The van der Waals surface area contributed by atoms with Crippen molar-refractivity contribution in [1.82, 2.24) is 9.78 Å². The van der Waals surface area contributed by atoms with Gasteiger partial charge in [-0.25, -0.2) is 4.68 Å². The maximum Gasteiger partial charge on any atom is 0.294 e. The van der Waals surface area contributed by atoms with Gasteiger partial charge in [-0.1, -0.05) is 12.1 Å². The number of nitrogens with two attached hydrogens (primary N) is 1. The van der Waals surface area contributed by atoms with Crippen LogP contribution < -0.4 is 5.73 Å². The maximum absolute atomic E-state index is 11.0. The van der Waals surface area contributed by atoms with E-state index in [1.165, 1.54) is 6.07 Å². The number of nitro benzene ring substituents is 1. The molecule has 1 aromatic carbocycles. The zero-order chi connectivity index (χ0) is 12.7. The molecule has 0 radical (unpaired) electrons. The van der Waals surface area contributed by atoms with E-state index in [0.29, 0.717) is 11.5 Å².